The first-order valence-corrected chi connectivity index (χ1v) is 8.77. The lowest BCUT2D eigenvalue weighted by Crippen LogP contribution is -2.25. The zero-order chi connectivity index (χ0) is 19.7. The largest absolute Gasteiger partial charge is 0.416 e. The van der Waals surface area contributed by atoms with Crippen molar-refractivity contribution >= 4 is 23.2 Å². The Morgan fingerprint density at radius 3 is 2.14 bits per heavy atom. The van der Waals surface area contributed by atoms with Crippen molar-refractivity contribution in [3.05, 3.63) is 101 Å². The Kier molecular flexibility index (Phi) is 4.51. The smallest absolute Gasteiger partial charge is 0.303 e. The molecule has 1 heterocycles. The van der Waals surface area contributed by atoms with E-state index in [0.29, 0.717) is 17.7 Å². The Morgan fingerprint density at radius 1 is 0.821 bits per heavy atom. The molecule has 0 saturated carbocycles. The molecular formula is C23H16F3NO. The van der Waals surface area contributed by atoms with Gasteiger partial charge < -0.3 is 4.90 Å². The molecule has 4 rings (SSSR count). The lowest BCUT2D eigenvalue weighted by Gasteiger charge is -2.17. The van der Waals surface area contributed by atoms with Crippen LogP contribution in [0.4, 0.5) is 18.9 Å². The van der Waals surface area contributed by atoms with Gasteiger partial charge in [-0.1, -0.05) is 60.7 Å². The number of benzene rings is 3. The number of carbonyl (C=O) groups excluding carboxylic acids is 1. The van der Waals surface area contributed by atoms with Gasteiger partial charge in [-0.25, -0.2) is 0 Å². The molecule has 2 nitrogen and oxygen atoms in total. The molecule has 0 radical (unpaired) electrons. The van der Waals surface area contributed by atoms with Gasteiger partial charge in [0.2, 0.25) is 0 Å². The first kappa shape index (κ1) is 18.0. The highest BCUT2D eigenvalue weighted by Crippen LogP contribution is 2.38. The van der Waals surface area contributed by atoms with Gasteiger partial charge in [0, 0.05) is 11.1 Å². The highest BCUT2D eigenvalue weighted by molar-refractivity contribution is 6.35. The average molecular weight is 379 g/mol. The zero-order valence-corrected chi connectivity index (χ0v) is 14.8. The molecule has 3 aromatic rings. The van der Waals surface area contributed by atoms with Crippen molar-refractivity contribution in [1.29, 1.82) is 0 Å². The second-order valence-electron chi connectivity index (χ2n) is 6.57. The maximum atomic E-state index is 13.1. The summed E-state index contributed by atoms with van der Waals surface area (Å²) in [6, 6.07) is 21.9. The summed E-state index contributed by atoms with van der Waals surface area (Å²) in [6.45, 7) is 0.432. The van der Waals surface area contributed by atoms with E-state index in [4.69, 9.17) is 0 Å². The van der Waals surface area contributed by atoms with Crippen LogP contribution in [0.15, 0.2) is 78.9 Å². The number of amides is 1. The fraction of sp³-hybridized carbons (Fsp3) is 0.0870. The van der Waals surface area contributed by atoms with Crippen molar-refractivity contribution < 1.29 is 18.0 Å². The quantitative estimate of drug-likeness (QED) is 0.527. The van der Waals surface area contributed by atoms with Crippen molar-refractivity contribution in [2.75, 3.05) is 4.90 Å². The van der Waals surface area contributed by atoms with Gasteiger partial charge in [0.05, 0.1) is 17.8 Å². The Hall–Kier alpha value is -3.34. The van der Waals surface area contributed by atoms with Gasteiger partial charge in [-0.2, -0.15) is 13.2 Å². The number of alkyl halides is 3. The summed E-state index contributed by atoms with van der Waals surface area (Å²) < 4.78 is 38.3. The Labute approximate surface area is 160 Å². The summed E-state index contributed by atoms with van der Waals surface area (Å²) in [5.74, 6) is -0.162. The number of anilines is 1. The molecule has 0 N–H and O–H groups in total. The summed E-state index contributed by atoms with van der Waals surface area (Å²) in [5, 5.41) is 0. The Balaban J connectivity index is 1.70. The minimum absolute atomic E-state index is 0.162. The molecule has 0 aliphatic carbocycles. The molecule has 1 aliphatic heterocycles. The first-order valence-electron chi connectivity index (χ1n) is 8.77. The third kappa shape index (κ3) is 3.43. The van der Waals surface area contributed by atoms with E-state index in [9.17, 15) is 18.0 Å². The predicted octanol–water partition coefficient (Wildman–Crippen LogP) is 5.79. The molecule has 0 saturated heterocycles. The van der Waals surface area contributed by atoms with Gasteiger partial charge in [-0.3, -0.25) is 4.79 Å². The molecule has 1 amide bonds. The molecule has 0 fully saturated rings. The number of rotatable bonds is 3. The number of para-hydroxylation sites is 1. The normalized spacial score (nSPS) is 15.2. The minimum atomic E-state index is -4.38. The van der Waals surface area contributed by atoms with Crippen LogP contribution in [-0.4, -0.2) is 5.91 Å². The fourth-order valence-electron chi connectivity index (χ4n) is 3.30. The summed E-state index contributed by atoms with van der Waals surface area (Å²) in [7, 11) is 0. The van der Waals surface area contributed by atoms with Crippen LogP contribution < -0.4 is 4.90 Å². The van der Waals surface area contributed by atoms with Crippen molar-refractivity contribution in [3.8, 4) is 0 Å². The maximum Gasteiger partial charge on any atom is 0.416 e. The molecule has 0 unspecified atom stereocenters. The Morgan fingerprint density at radius 2 is 1.46 bits per heavy atom. The maximum absolute atomic E-state index is 13.1. The van der Waals surface area contributed by atoms with E-state index in [1.807, 2.05) is 54.6 Å². The second kappa shape index (κ2) is 7.00. The molecule has 0 spiro atoms. The number of hydrogen-bond donors (Lipinski definition) is 0. The van der Waals surface area contributed by atoms with Crippen molar-refractivity contribution in [2.24, 2.45) is 0 Å². The van der Waals surface area contributed by atoms with Crippen LogP contribution in [0.3, 0.4) is 0 Å². The Bertz CT molecular complexity index is 1040. The lowest BCUT2D eigenvalue weighted by atomic mass is 10.0. The number of nitrogens with zero attached hydrogens (tertiary/aromatic N) is 1. The predicted molar refractivity (Wildman–Crippen MR) is 103 cm³/mol. The molecular weight excluding hydrogens is 363 g/mol. The first-order chi connectivity index (χ1) is 13.4. The third-order valence-corrected chi connectivity index (χ3v) is 4.69. The van der Waals surface area contributed by atoms with E-state index in [2.05, 4.69) is 0 Å². The average Bonchev–Trinajstić information content (AvgIpc) is 2.95. The van der Waals surface area contributed by atoms with Crippen LogP contribution in [-0.2, 0) is 17.5 Å². The molecule has 28 heavy (non-hydrogen) atoms. The van der Waals surface area contributed by atoms with Gasteiger partial charge >= 0.3 is 6.18 Å². The van der Waals surface area contributed by atoms with Crippen LogP contribution in [0.1, 0.15) is 22.3 Å². The summed E-state index contributed by atoms with van der Waals surface area (Å²) >= 11 is 0. The standard InChI is InChI=1S/C23H16F3NO/c24-23(25,26)18-12-10-16(11-13-18)14-20-19-8-4-5-9-21(19)27(22(20)28)15-17-6-2-1-3-7-17/h1-14H,15H2/b20-14+. The summed E-state index contributed by atoms with van der Waals surface area (Å²) in [4.78, 5) is 14.8. The SMILES string of the molecule is O=C1/C(=C/c2ccc(C(F)(F)F)cc2)c2ccccc2N1Cc1ccccc1. The molecule has 0 aromatic heterocycles. The highest BCUT2D eigenvalue weighted by atomic mass is 19.4. The fourth-order valence-corrected chi connectivity index (χ4v) is 3.30. The van der Waals surface area contributed by atoms with E-state index in [-0.39, 0.29) is 5.91 Å². The molecule has 0 bridgehead atoms. The van der Waals surface area contributed by atoms with Gasteiger partial charge in [-0.05, 0) is 35.4 Å². The van der Waals surface area contributed by atoms with Gasteiger partial charge in [0.1, 0.15) is 0 Å². The zero-order valence-electron chi connectivity index (χ0n) is 14.8. The van der Waals surface area contributed by atoms with Crippen LogP contribution in [0.25, 0.3) is 11.6 Å². The van der Waals surface area contributed by atoms with Crippen molar-refractivity contribution in [2.45, 2.75) is 12.7 Å². The van der Waals surface area contributed by atoms with Crippen molar-refractivity contribution in [3.63, 3.8) is 0 Å². The minimum Gasteiger partial charge on any atom is -0.303 e. The van der Waals surface area contributed by atoms with Crippen LogP contribution in [0, 0.1) is 0 Å². The third-order valence-electron chi connectivity index (χ3n) is 4.69. The highest BCUT2D eigenvalue weighted by Gasteiger charge is 2.32. The number of halogens is 3. The summed E-state index contributed by atoms with van der Waals surface area (Å²) in [6.07, 6.45) is -2.74. The monoisotopic (exact) mass is 379 g/mol. The van der Waals surface area contributed by atoms with E-state index < -0.39 is 11.7 Å². The van der Waals surface area contributed by atoms with Crippen molar-refractivity contribution in [1.82, 2.24) is 0 Å². The number of carbonyl (C=O) groups is 1. The number of fused-ring (bicyclic) bond motifs is 1. The van der Waals surface area contributed by atoms with E-state index in [0.717, 1.165) is 28.9 Å². The molecule has 3 aromatic carbocycles. The molecule has 5 heteroatoms. The molecule has 1 aliphatic rings. The van der Waals surface area contributed by atoms with Gasteiger partial charge in [-0.15, -0.1) is 0 Å². The van der Waals surface area contributed by atoms with Crippen LogP contribution in [0.5, 0.6) is 0 Å². The van der Waals surface area contributed by atoms with E-state index in [1.165, 1.54) is 12.1 Å². The van der Waals surface area contributed by atoms with E-state index in [1.54, 1.807) is 11.0 Å². The van der Waals surface area contributed by atoms with Crippen LogP contribution >= 0.6 is 0 Å². The van der Waals surface area contributed by atoms with Gasteiger partial charge in [0.15, 0.2) is 0 Å². The van der Waals surface area contributed by atoms with E-state index >= 15 is 0 Å². The lowest BCUT2D eigenvalue weighted by molar-refractivity contribution is -0.137. The molecule has 0 atom stereocenters. The van der Waals surface area contributed by atoms with Gasteiger partial charge in [0.25, 0.3) is 5.91 Å². The topological polar surface area (TPSA) is 20.3 Å². The summed E-state index contributed by atoms with van der Waals surface area (Å²) in [5.41, 5.74) is 2.90. The number of hydrogen-bond acceptors (Lipinski definition) is 1. The molecule has 140 valence electrons. The second-order valence-corrected chi connectivity index (χ2v) is 6.57. The van der Waals surface area contributed by atoms with Crippen LogP contribution in [0.2, 0.25) is 0 Å².